The molecule has 0 aromatic heterocycles. The van der Waals surface area contributed by atoms with Gasteiger partial charge in [0.15, 0.2) is 0 Å². The molecule has 0 unspecified atom stereocenters. The Balaban J connectivity index is -0.000000281. The molecule has 8 heteroatoms. The summed E-state index contributed by atoms with van der Waals surface area (Å²) in [5, 5.41) is 0. The van der Waals surface area contributed by atoms with Crippen molar-refractivity contribution in [2.45, 2.75) is 125 Å². The van der Waals surface area contributed by atoms with Crippen molar-refractivity contribution >= 4 is 9.05 Å². The van der Waals surface area contributed by atoms with Crippen molar-refractivity contribution in [1.82, 2.24) is 0 Å². The van der Waals surface area contributed by atoms with Crippen LogP contribution >= 0.6 is 0 Å². The Bertz CT molecular complexity index is 361. The molecule has 0 amide bonds. The Morgan fingerprint density at radius 2 is 0.714 bits per heavy atom. The summed E-state index contributed by atoms with van der Waals surface area (Å²) in [6, 6.07) is 0. The molecule has 0 rings (SSSR count). The van der Waals surface area contributed by atoms with E-state index in [4.69, 9.17) is 17.7 Å². The van der Waals surface area contributed by atoms with E-state index in [1.54, 1.807) is 0 Å². The Kier molecular flexibility index (Phi) is 38.1. The van der Waals surface area contributed by atoms with Crippen molar-refractivity contribution in [1.29, 1.82) is 0 Å². The summed E-state index contributed by atoms with van der Waals surface area (Å²) in [6.07, 6.45) is 20.4. The van der Waals surface area contributed by atoms with Crippen LogP contribution in [0.4, 0.5) is 0 Å². The molecule has 0 aliphatic carbocycles. The minimum absolute atomic E-state index is 0. The Labute approximate surface area is 238 Å². The summed E-state index contributed by atoms with van der Waals surface area (Å²) in [4.78, 5) is 0. The molecule has 0 saturated carbocycles. The number of halogens is 1. The van der Waals surface area contributed by atoms with Gasteiger partial charge in [-0.05, 0) is 40.5 Å². The summed E-state index contributed by atoms with van der Waals surface area (Å²) >= 11 is 0. The molecule has 1 radical (unpaired) electrons. The number of hydrogen-bond donors (Lipinski definition) is 0. The topological polar surface area (TPSA) is 36.9 Å². The second kappa shape index (κ2) is 31.0. The Morgan fingerprint density at radius 1 is 0.457 bits per heavy atom. The van der Waals surface area contributed by atoms with Crippen molar-refractivity contribution in [3.63, 3.8) is 0 Å². The minimum atomic E-state index is -2.80. The number of unbranched alkanes of at least 4 members (excludes halogenated alkanes) is 13. The van der Waals surface area contributed by atoms with Gasteiger partial charge in [-0.1, -0.05) is 84.0 Å². The number of rotatable bonds is 23. The predicted octanol–water partition coefficient (Wildman–Crippen LogP) is 4.74. The Morgan fingerprint density at radius 3 is 0.943 bits per heavy atom. The second-order valence-corrected chi connectivity index (χ2v) is 12.0. The second-order valence-electron chi connectivity index (χ2n) is 9.84. The maximum Gasteiger partial charge on any atom is 0.679 e. The first-order chi connectivity index (χ1) is 15.8. The van der Waals surface area contributed by atoms with Crippen LogP contribution in [0.3, 0.4) is 0 Å². The van der Waals surface area contributed by atoms with Gasteiger partial charge >= 0.3 is 9.05 Å². The van der Waals surface area contributed by atoms with Crippen LogP contribution in [0.1, 0.15) is 125 Å². The van der Waals surface area contributed by atoms with Gasteiger partial charge in [-0.15, -0.1) is 0 Å². The van der Waals surface area contributed by atoms with Crippen LogP contribution in [0.5, 0.6) is 0 Å². The van der Waals surface area contributed by atoms with Crippen LogP contribution < -0.4 is 12.4 Å². The first-order valence-electron chi connectivity index (χ1n) is 14.2. The third-order valence-electron chi connectivity index (χ3n) is 5.47. The van der Waals surface area contributed by atoms with E-state index in [0.717, 1.165) is 4.48 Å². The largest absolute Gasteiger partial charge is 1.00 e. The first kappa shape index (κ1) is 42.9. The molecule has 35 heavy (non-hydrogen) atoms. The predicted molar refractivity (Wildman–Crippen MR) is 145 cm³/mol. The number of nitrogens with zero attached hydrogens (tertiary/aromatic N) is 1. The molecular weight excluding hydrogens is 521 g/mol. The van der Waals surface area contributed by atoms with E-state index in [2.05, 4.69) is 28.1 Å². The summed E-state index contributed by atoms with van der Waals surface area (Å²) in [7, 11) is 4.09. The van der Waals surface area contributed by atoms with Gasteiger partial charge < -0.3 is 34.6 Å². The molecule has 5 nitrogen and oxygen atoms in total. The third kappa shape index (κ3) is 32.8. The fraction of sp³-hybridized carbons (Fsp3) is 1.00. The zero-order chi connectivity index (χ0) is 25.3. The van der Waals surface area contributed by atoms with Gasteiger partial charge in [0, 0.05) is 43.5 Å². The first-order valence-corrected chi connectivity index (χ1v) is 15.8. The van der Waals surface area contributed by atoms with Gasteiger partial charge in [-0.25, -0.2) is 0 Å². The standard InChI is InChI=1S/C19H42N.C8H20O4Si.ClH.Mn/c1-5-6-7-8-9-10-11-12-13-14-15-16-17-18-19-20(2,3)4;1-5-9-13(10-6-2,11-7-3)12-8-4;;/h5-19H2,1-4H3;5-8H2,1-4H3;1H;/q+1;;;/p-1. The van der Waals surface area contributed by atoms with Gasteiger partial charge in [0.25, 0.3) is 0 Å². The fourth-order valence-electron chi connectivity index (χ4n) is 3.74. The van der Waals surface area contributed by atoms with E-state index in [-0.39, 0.29) is 29.5 Å². The van der Waals surface area contributed by atoms with E-state index in [1.165, 1.54) is 96.4 Å². The average molecular weight is 583 g/mol. The molecule has 217 valence electrons. The molecule has 0 aliphatic rings. The number of hydrogen-bond acceptors (Lipinski definition) is 4. The molecule has 0 fully saturated rings. The molecule has 0 saturated heterocycles. The maximum absolute atomic E-state index is 5.42. The van der Waals surface area contributed by atoms with Gasteiger partial charge in [-0.2, -0.15) is 0 Å². The average Bonchev–Trinajstić information content (AvgIpc) is 2.74. The quantitative estimate of drug-likeness (QED) is 0.0990. The van der Waals surface area contributed by atoms with E-state index >= 15 is 0 Å². The smallest absolute Gasteiger partial charge is 0.679 e. The van der Waals surface area contributed by atoms with Gasteiger partial charge in [0.05, 0.1) is 27.7 Å². The van der Waals surface area contributed by atoms with Crippen molar-refractivity contribution in [3.8, 4) is 0 Å². The molecule has 0 atom stereocenters. The van der Waals surface area contributed by atoms with Gasteiger partial charge in [0.1, 0.15) is 0 Å². The summed E-state index contributed by atoms with van der Waals surface area (Å²) < 4.78 is 22.8. The van der Waals surface area contributed by atoms with E-state index in [0.29, 0.717) is 26.4 Å². The van der Waals surface area contributed by atoms with E-state index in [9.17, 15) is 0 Å². The minimum Gasteiger partial charge on any atom is -1.00 e. The normalized spacial score (nSPS) is 11.3. The van der Waals surface area contributed by atoms with Crippen molar-refractivity contribution < 1.29 is 51.7 Å². The molecule has 0 aromatic rings. The molecule has 0 N–H and O–H groups in total. The summed E-state index contributed by atoms with van der Waals surface area (Å²) in [5.74, 6) is 0. The monoisotopic (exact) mass is 582 g/mol. The van der Waals surface area contributed by atoms with E-state index < -0.39 is 9.05 Å². The van der Waals surface area contributed by atoms with Crippen molar-refractivity contribution in [3.05, 3.63) is 0 Å². The molecule has 0 bridgehead atoms. The summed E-state index contributed by atoms with van der Waals surface area (Å²) in [5.41, 5.74) is 0. The number of quaternary nitrogens is 1. The maximum atomic E-state index is 5.42. The van der Waals surface area contributed by atoms with Crippen LogP contribution in [-0.4, -0.2) is 67.6 Å². The van der Waals surface area contributed by atoms with Gasteiger partial charge in [-0.3, -0.25) is 0 Å². The van der Waals surface area contributed by atoms with Crippen molar-refractivity contribution in [2.24, 2.45) is 0 Å². The molecular formula is C27H62ClMnNO4Si. The third-order valence-corrected chi connectivity index (χ3v) is 8.04. The van der Waals surface area contributed by atoms with Crippen LogP contribution in [0.25, 0.3) is 0 Å². The van der Waals surface area contributed by atoms with E-state index in [1.807, 2.05) is 27.7 Å². The zero-order valence-electron chi connectivity index (χ0n) is 24.8. The summed E-state index contributed by atoms with van der Waals surface area (Å²) in [6.45, 7) is 13.4. The van der Waals surface area contributed by atoms with Crippen LogP contribution in [0, 0.1) is 0 Å². The van der Waals surface area contributed by atoms with Gasteiger partial charge in [0.2, 0.25) is 0 Å². The zero-order valence-corrected chi connectivity index (χ0v) is 27.7. The van der Waals surface area contributed by atoms with Crippen LogP contribution in [0.15, 0.2) is 0 Å². The molecule has 0 heterocycles. The van der Waals surface area contributed by atoms with Crippen molar-refractivity contribution in [2.75, 3.05) is 54.1 Å². The Hall–Kier alpha value is 0.826. The SMILES string of the molecule is CCCCCCCCCCCCCCCC[N+](C)(C)C.CCO[Si](OCC)(OCC)OCC.[Cl-].[Mn]. The van der Waals surface area contributed by atoms with Crippen LogP contribution in [-0.2, 0) is 34.8 Å². The molecule has 0 spiro atoms. The van der Waals surface area contributed by atoms with Crippen LogP contribution in [0.2, 0.25) is 0 Å². The molecule has 0 aromatic carbocycles. The molecule has 0 aliphatic heterocycles. The fourth-order valence-corrected chi connectivity index (χ4v) is 5.65.